The summed E-state index contributed by atoms with van der Waals surface area (Å²) in [4.78, 5) is 22.4. The molecule has 1 heterocycles. The third-order valence-electron chi connectivity index (χ3n) is 2.86. The van der Waals surface area contributed by atoms with Gasteiger partial charge in [0.25, 0.3) is 0 Å². The molecular weight excluding hydrogens is 252 g/mol. The molecule has 0 spiro atoms. The highest BCUT2D eigenvalue weighted by atomic mass is 32.2. The van der Waals surface area contributed by atoms with Gasteiger partial charge < -0.3 is 15.4 Å². The molecule has 1 fully saturated rings. The van der Waals surface area contributed by atoms with Crippen LogP contribution in [0.1, 0.15) is 26.2 Å². The van der Waals surface area contributed by atoms with Gasteiger partial charge in [-0.1, -0.05) is 6.42 Å². The normalized spacial score (nSPS) is 21.1. The number of hydrogen-bond acceptors (Lipinski definition) is 5. The molecular formula is C12H22N2O3S. The number of carbonyl (C=O) groups excluding carboxylic acids is 2. The van der Waals surface area contributed by atoms with Gasteiger partial charge in [0.2, 0.25) is 5.91 Å². The van der Waals surface area contributed by atoms with Gasteiger partial charge in [-0.05, 0) is 18.6 Å². The smallest absolute Gasteiger partial charge is 0.329 e. The van der Waals surface area contributed by atoms with E-state index in [1.54, 1.807) is 0 Å². The third kappa shape index (κ3) is 5.73. The summed E-state index contributed by atoms with van der Waals surface area (Å²) in [6, 6.07) is -0.596. The molecule has 0 aromatic carbocycles. The lowest BCUT2D eigenvalue weighted by molar-refractivity contribution is -0.144. The highest BCUT2D eigenvalue weighted by molar-refractivity contribution is 7.99. The van der Waals surface area contributed by atoms with Crippen molar-refractivity contribution < 1.29 is 14.3 Å². The molecule has 1 aliphatic rings. The Balaban J connectivity index is 2.27. The molecule has 6 heteroatoms. The summed E-state index contributed by atoms with van der Waals surface area (Å²) in [6.07, 6.45) is 3.81. The fourth-order valence-electron chi connectivity index (χ4n) is 1.94. The molecule has 18 heavy (non-hydrogen) atoms. The number of nitrogens with one attached hydrogen (secondary N) is 2. The monoisotopic (exact) mass is 274 g/mol. The molecule has 1 saturated heterocycles. The van der Waals surface area contributed by atoms with E-state index in [1.807, 2.05) is 11.8 Å². The number of hydrogen-bond donors (Lipinski definition) is 2. The molecule has 0 saturated carbocycles. The number of amides is 1. The molecule has 0 aromatic rings. The SMILES string of the molecule is COC(=O)C(CNCC1CCCCS1)NC(C)=O. The molecule has 1 aliphatic heterocycles. The van der Waals surface area contributed by atoms with E-state index in [0.29, 0.717) is 11.8 Å². The van der Waals surface area contributed by atoms with Gasteiger partial charge in [-0.25, -0.2) is 4.79 Å². The quantitative estimate of drug-likeness (QED) is 0.692. The van der Waals surface area contributed by atoms with Crippen molar-refractivity contribution in [1.82, 2.24) is 10.6 Å². The molecule has 5 nitrogen and oxygen atoms in total. The van der Waals surface area contributed by atoms with Gasteiger partial charge in [0.1, 0.15) is 6.04 Å². The van der Waals surface area contributed by atoms with Crippen molar-refractivity contribution in [2.45, 2.75) is 37.5 Å². The molecule has 2 N–H and O–H groups in total. The maximum atomic E-state index is 11.4. The Morgan fingerprint density at radius 1 is 1.44 bits per heavy atom. The van der Waals surface area contributed by atoms with Crippen molar-refractivity contribution in [3.63, 3.8) is 0 Å². The lowest BCUT2D eigenvalue weighted by atomic mass is 10.2. The van der Waals surface area contributed by atoms with E-state index in [4.69, 9.17) is 0 Å². The molecule has 104 valence electrons. The van der Waals surface area contributed by atoms with E-state index in [0.717, 1.165) is 6.54 Å². The molecule has 1 amide bonds. The summed E-state index contributed by atoms with van der Waals surface area (Å²) < 4.78 is 4.66. The van der Waals surface area contributed by atoms with Crippen molar-refractivity contribution >= 4 is 23.6 Å². The second-order valence-electron chi connectivity index (χ2n) is 4.42. The van der Waals surface area contributed by atoms with Crippen LogP contribution >= 0.6 is 11.8 Å². The summed E-state index contributed by atoms with van der Waals surface area (Å²) in [5, 5.41) is 6.44. The Morgan fingerprint density at radius 2 is 2.22 bits per heavy atom. The lowest BCUT2D eigenvalue weighted by Crippen LogP contribution is -2.48. The summed E-state index contributed by atoms with van der Waals surface area (Å²) >= 11 is 1.98. The highest BCUT2D eigenvalue weighted by Crippen LogP contribution is 2.24. The van der Waals surface area contributed by atoms with E-state index in [2.05, 4.69) is 15.4 Å². The second kappa shape index (κ2) is 8.37. The fraction of sp³-hybridized carbons (Fsp3) is 0.833. The van der Waals surface area contributed by atoms with Crippen molar-refractivity contribution in [1.29, 1.82) is 0 Å². The largest absolute Gasteiger partial charge is 0.467 e. The van der Waals surface area contributed by atoms with Crippen LogP contribution in [-0.2, 0) is 14.3 Å². The summed E-state index contributed by atoms with van der Waals surface area (Å²) in [5.41, 5.74) is 0. The standard InChI is InChI=1S/C12H22N2O3S/c1-9(15)14-11(12(16)17-2)8-13-7-10-5-3-4-6-18-10/h10-11,13H,3-8H2,1-2H3,(H,14,15). The lowest BCUT2D eigenvalue weighted by Gasteiger charge is -2.23. The zero-order valence-corrected chi connectivity index (χ0v) is 11.8. The van der Waals surface area contributed by atoms with Crippen LogP contribution in [0.5, 0.6) is 0 Å². The van der Waals surface area contributed by atoms with E-state index in [1.165, 1.54) is 39.0 Å². The zero-order chi connectivity index (χ0) is 13.4. The second-order valence-corrected chi connectivity index (χ2v) is 5.83. The molecule has 0 aliphatic carbocycles. The van der Waals surface area contributed by atoms with Crippen LogP contribution < -0.4 is 10.6 Å². The first kappa shape index (κ1) is 15.3. The topological polar surface area (TPSA) is 67.4 Å². The Labute approximate surface area is 112 Å². The summed E-state index contributed by atoms with van der Waals surface area (Å²) in [7, 11) is 1.33. The van der Waals surface area contributed by atoms with Gasteiger partial charge in [0.05, 0.1) is 7.11 Å². The van der Waals surface area contributed by atoms with Crippen LogP contribution in [-0.4, -0.2) is 49.1 Å². The molecule has 0 aromatic heterocycles. The molecule has 1 rings (SSSR count). The van der Waals surface area contributed by atoms with E-state index in [-0.39, 0.29) is 5.91 Å². The van der Waals surface area contributed by atoms with Gasteiger partial charge in [0, 0.05) is 25.3 Å². The van der Waals surface area contributed by atoms with Gasteiger partial charge in [-0.15, -0.1) is 0 Å². The van der Waals surface area contributed by atoms with Crippen LogP contribution in [0.3, 0.4) is 0 Å². The van der Waals surface area contributed by atoms with Crippen LogP contribution in [0.15, 0.2) is 0 Å². The summed E-state index contributed by atoms with van der Waals surface area (Å²) in [6.45, 7) is 2.69. The number of carbonyl (C=O) groups is 2. The number of ether oxygens (including phenoxy) is 1. The minimum Gasteiger partial charge on any atom is -0.467 e. The van der Waals surface area contributed by atoms with Crippen molar-refractivity contribution in [3.05, 3.63) is 0 Å². The average Bonchev–Trinajstić information content (AvgIpc) is 2.37. The molecule has 0 radical (unpaired) electrons. The first-order chi connectivity index (χ1) is 8.63. The van der Waals surface area contributed by atoms with Crippen LogP contribution in [0, 0.1) is 0 Å². The number of methoxy groups -OCH3 is 1. The molecule has 0 bridgehead atoms. The van der Waals surface area contributed by atoms with E-state index >= 15 is 0 Å². The molecule has 2 atom stereocenters. The number of thioether (sulfide) groups is 1. The maximum absolute atomic E-state index is 11.4. The van der Waals surface area contributed by atoms with Gasteiger partial charge in [-0.2, -0.15) is 11.8 Å². The molecule has 2 unspecified atom stereocenters. The van der Waals surface area contributed by atoms with Gasteiger partial charge in [0.15, 0.2) is 0 Å². The Bertz CT molecular complexity index is 280. The van der Waals surface area contributed by atoms with E-state index < -0.39 is 12.0 Å². The van der Waals surface area contributed by atoms with Crippen molar-refractivity contribution in [2.75, 3.05) is 26.0 Å². The zero-order valence-electron chi connectivity index (χ0n) is 11.0. The fourth-order valence-corrected chi connectivity index (χ4v) is 3.21. The Kier molecular flexibility index (Phi) is 7.12. The predicted molar refractivity (Wildman–Crippen MR) is 72.6 cm³/mol. The van der Waals surface area contributed by atoms with Gasteiger partial charge in [-0.3, -0.25) is 4.79 Å². The minimum absolute atomic E-state index is 0.223. The number of rotatable bonds is 6. The highest BCUT2D eigenvalue weighted by Gasteiger charge is 2.20. The van der Waals surface area contributed by atoms with Crippen LogP contribution in [0.25, 0.3) is 0 Å². The van der Waals surface area contributed by atoms with Gasteiger partial charge >= 0.3 is 5.97 Å². The Hall–Kier alpha value is -0.750. The van der Waals surface area contributed by atoms with Crippen molar-refractivity contribution in [3.8, 4) is 0 Å². The average molecular weight is 274 g/mol. The minimum atomic E-state index is -0.596. The Morgan fingerprint density at radius 3 is 2.78 bits per heavy atom. The van der Waals surface area contributed by atoms with Crippen LogP contribution in [0.2, 0.25) is 0 Å². The van der Waals surface area contributed by atoms with Crippen LogP contribution in [0.4, 0.5) is 0 Å². The van der Waals surface area contributed by atoms with Crippen molar-refractivity contribution in [2.24, 2.45) is 0 Å². The third-order valence-corrected chi connectivity index (χ3v) is 4.26. The van der Waals surface area contributed by atoms with E-state index in [9.17, 15) is 9.59 Å². The summed E-state index contributed by atoms with van der Waals surface area (Å²) in [5.74, 6) is 0.589. The predicted octanol–water partition coefficient (Wildman–Crippen LogP) is 0.539. The first-order valence-corrected chi connectivity index (χ1v) is 7.35. The first-order valence-electron chi connectivity index (χ1n) is 6.30. The maximum Gasteiger partial charge on any atom is 0.329 e. The number of esters is 1.